The third-order valence-corrected chi connectivity index (χ3v) is 3.81. The van der Waals surface area contributed by atoms with Crippen LogP contribution in [0.3, 0.4) is 0 Å². The average Bonchev–Trinajstić information content (AvgIpc) is 2.58. The third kappa shape index (κ3) is 7.15. The molecule has 0 bridgehead atoms. The molecule has 8 nitrogen and oxygen atoms in total. The van der Waals surface area contributed by atoms with E-state index in [0.717, 1.165) is 6.42 Å². The van der Waals surface area contributed by atoms with Gasteiger partial charge in [0.05, 0.1) is 14.2 Å². The van der Waals surface area contributed by atoms with E-state index in [0.29, 0.717) is 18.0 Å². The van der Waals surface area contributed by atoms with Crippen molar-refractivity contribution in [2.24, 2.45) is 17.4 Å². The van der Waals surface area contributed by atoms with Gasteiger partial charge < -0.3 is 31.0 Å². The Hall–Kier alpha value is -2.19. The van der Waals surface area contributed by atoms with Crippen LogP contribution in [0.1, 0.15) is 37.6 Å². The van der Waals surface area contributed by atoms with Crippen LogP contribution in [0, 0.1) is 5.92 Å². The van der Waals surface area contributed by atoms with Crippen molar-refractivity contribution in [2.75, 3.05) is 27.4 Å². The molecule has 1 aromatic rings. The minimum atomic E-state index is -0.636. The first-order chi connectivity index (χ1) is 12.2. The van der Waals surface area contributed by atoms with Gasteiger partial charge in [-0.3, -0.25) is 9.59 Å². The Balaban J connectivity index is 0.00000676. The molecule has 1 atom stereocenters. The van der Waals surface area contributed by atoms with Crippen LogP contribution in [0.15, 0.2) is 12.1 Å². The van der Waals surface area contributed by atoms with E-state index in [2.05, 4.69) is 19.2 Å². The zero-order valence-corrected chi connectivity index (χ0v) is 17.3. The average molecular weight is 404 g/mol. The lowest BCUT2D eigenvalue weighted by Crippen LogP contribution is -2.52. The van der Waals surface area contributed by atoms with Crippen LogP contribution >= 0.6 is 12.4 Å². The molecule has 1 aromatic carbocycles. The minimum Gasteiger partial charge on any atom is -0.493 e. The number of halogens is 1. The maximum Gasteiger partial charge on any atom is 0.255 e. The molecule has 9 heteroatoms. The minimum absolute atomic E-state index is 0. The molecule has 0 heterocycles. The van der Waals surface area contributed by atoms with Gasteiger partial charge in [-0.1, -0.05) is 13.8 Å². The number of nitrogens with two attached hydrogens (primary N) is 2. The summed E-state index contributed by atoms with van der Waals surface area (Å²) in [6.45, 7) is 6.01. The Labute approximate surface area is 166 Å². The summed E-state index contributed by atoms with van der Waals surface area (Å²) in [4.78, 5) is 23.7. The molecule has 0 aliphatic rings. The fourth-order valence-electron chi connectivity index (χ4n) is 2.73. The van der Waals surface area contributed by atoms with E-state index in [9.17, 15) is 9.59 Å². The van der Waals surface area contributed by atoms with Crippen molar-refractivity contribution in [3.63, 3.8) is 0 Å². The first kappa shape index (κ1) is 24.8. The fourth-order valence-corrected chi connectivity index (χ4v) is 2.73. The highest BCUT2D eigenvalue weighted by Crippen LogP contribution is 2.38. The van der Waals surface area contributed by atoms with E-state index in [1.165, 1.54) is 26.4 Å². The van der Waals surface area contributed by atoms with Gasteiger partial charge in [-0.05, 0) is 31.4 Å². The molecule has 1 rings (SSSR count). The molecule has 0 aliphatic heterocycles. The Kier molecular flexibility index (Phi) is 9.96. The van der Waals surface area contributed by atoms with E-state index >= 15 is 0 Å². The number of benzene rings is 1. The van der Waals surface area contributed by atoms with Crippen LogP contribution in [0.2, 0.25) is 0 Å². The van der Waals surface area contributed by atoms with Crippen molar-refractivity contribution < 1.29 is 23.8 Å². The molecule has 0 aromatic heterocycles. The molecule has 0 aliphatic carbocycles. The van der Waals surface area contributed by atoms with Gasteiger partial charge in [0.15, 0.2) is 18.1 Å². The Morgan fingerprint density at radius 2 is 1.70 bits per heavy atom. The van der Waals surface area contributed by atoms with Crippen molar-refractivity contribution >= 4 is 24.2 Å². The maximum atomic E-state index is 12.7. The van der Waals surface area contributed by atoms with Crippen molar-refractivity contribution in [3.05, 3.63) is 17.7 Å². The largest absolute Gasteiger partial charge is 0.493 e. The molecule has 0 fully saturated rings. The van der Waals surface area contributed by atoms with E-state index in [1.54, 1.807) is 0 Å². The van der Waals surface area contributed by atoms with Gasteiger partial charge in [-0.15, -0.1) is 12.4 Å². The molecule has 0 radical (unpaired) electrons. The summed E-state index contributed by atoms with van der Waals surface area (Å²) < 4.78 is 15.9. The second-order valence-electron chi connectivity index (χ2n) is 6.78. The van der Waals surface area contributed by atoms with E-state index in [-0.39, 0.29) is 42.2 Å². The summed E-state index contributed by atoms with van der Waals surface area (Å²) in [6.07, 6.45) is 0.739. The standard InChI is InChI=1S/C18H29N3O5.ClH/c1-11(2)8-18(3,10-19)21-17(23)12-6-13(24-4)16(14(7-12)25-5)26-9-15(20)22;/h6-7,11H,8-10,19H2,1-5H3,(H2,20,22)(H,21,23);1H. The van der Waals surface area contributed by atoms with Gasteiger partial charge in [0.1, 0.15) is 0 Å². The number of hydrogen-bond acceptors (Lipinski definition) is 6. The van der Waals surface area contributed by atoms with E-state index < -0.39 is 11.4 Å². The van der Waals surface area contributed by atoms with Gasteiger partial charge in [0, 0.05) is 17.6 Å². The zero-order chi connectivity index (χ0) is 19.9. The van der Waals surface area contributed by atoms with Gasteiger partial charge in [-0.25, -0.2) is 0 Å². The number of ether oxygens (including phenoxy) is 3. The predicted octanol–water partition coefficient (Wildman–Crippen LogP) is 1.48. The molecule has 5 N–H and O–H groups in total. The quantitative estimate of drug-likeness (QED) is 0.543. The summed E-state index contributed by atoms with van der Waals surface area (Å²) in [5.41, 5.74) is 10.8. The SMILES string of the molecule is COc1cc(C(=O)NC(C)(CN)CC(C)C)cc(OC)c1OCC(N)=O.Cl. The molecular weight excluding hydrogens is 374 g/mol. The molecule has 0 saturated heterocycles. The first-order valence-electron chi connectivity index (χ1n) is 8.35. The lowest BCUT2D eigenvalue weighted by molar-refractivity contribution is -0.120. The molecule has 1 unspecified atom stereocenters. The van der Waals surface area contributed by atoms with Crippen LogP contribution in [0.5, 0.6) is 17.2 Å². The number of rotatable bonds is 10. The topological polar surface area (TPSA) is 126 Å². The van der Waals surface area contributed by atoms with Crippen molar-refractivity contribution in [3.8, 4) is 17.2 Å². The smallest absolute Gasteiger partial charge is 0.255 e. The number of carbonyl (C=O) groups excluding carboxylic acids is 2. The van der Waals surface area contributed by atoms with Gasteiger partial charge in [0.25, 0.3) is 11.8 Å². The van der Waals surface area contributed by atoms with Gasteiger partial charge in [0.2, 0.25) is 5.75 Å². The summed E-state index contributed by atoms with van der Waals surface area (Å²) in [7, 11) is 2.85. The molecule has 0 saturated carbocycles. The van der Waals surface area contributed by atoms with E-state index in [1.807, 2.05) is 6.92 Å². The first-order valence-corrected chi connectivity index (χ1v) is 8.35. The Bertz CT molecular complexity index is 629. The van der Waals surface area contributed by atoms with Crippen molar-refractivity contribution in [2.45, 2.75) is 32.7 Å². The summed E-state index contributed by atoms with van der Waals surface area (Å²) >= 11 is 0. The van der Waals surface area contributed by atoms with Gasteiger partial charge >= 0.3 is 0 Å². The molecule has 2 amide bonds. The number of nitrogens with one attached hydrogen (secondary N) is 1. The number of primary amides is 1. The summed E-state index contributed by atoms with van der Waals surface area (Å²) in [5.74, 6) is 0.148. The lowest BCUT2D eigenvalue weighted by Gasteiger charge is -2.31. The Morgan fingerprint density at radius 3 is 2.07 bits per heavy atom. The molecule has 27 heavy (non-hydrogen) atoms. The van der Waals surface area contributed by atoms with Crippen LogP contribution in [0.4, 0.5) is 0 Å². The predicted molar refractivity (Wildman–Crippen MR) is 106 cm³/mol. The normalized spacial score (nSPS) is 12.6. The molecule has 0 spiro atoms. The highest BCUT2D eigenvalue weighted by Gasteiger charge is 2.27. The van der Waals surface area contributed by atoms with Crippen LogP contribution in [-0.4, -0.2) is 44.7 Å². The third-order valence-electron chi connectivity index (χ3n) is 3.81. The monoisotopic (exact) mass is 403 g/mol. The molecular formula is C18H30ClN3O5. The zero-order valence-electron chi connectivity index (χ0n) is 16.5. The number of hydrogen-bond donors (Lipinski definition) is 3. The number of methoxy groups -OCH3 is 2. The highest BCUT2D eigenvalue weighted by atomic mass is 35.5. The summed E-state index contributed by atoms with van der Waals surface area (Å²) in [5, 5.41) is 2.97. The maximum absolute atomic E-state index is 12.7. The second-order valence-corrected chi connectivity index (χ2v) is 6.78. The van der Waals surface area contributed by atoms with Crippen molar-refractivity contribution in [1.82, 2.24) is 5.32 Å². The summed E-state index contributed by atoms with van der Waals surface area (Å²) in [6, 6.07) is 3.03. The number of amides is 2. The lowest BCUT2D eigenvalue weighted by atomic mass is 9.90. The van der Waals surface area contributed by atoms with E-state index in [4.69, 9.17) is 25.7 Å². The number of carbonyl (C=O) groups is 2. The fraction of sp³-hybridized carbons (Fsp3) is 0.556. The van der Waals surface area contributed by atoms with Crippen LogP contribution in [-0.2, 0) is 4.79 Å². The molecule has 154 valence electrons. The highest BCUT2D eigenvalue weighted by molar-refractivity contribution is 5.96. The second kappa shape index (κ2) is 10.8. The Morgan fingerprint density at radius 1 is 1.19 bits per heavy atom. The van der Waals surface area contributed by atoms with Crippen molar-refractivity contribution in [1.29, 1.82) is 0 Å². The van der Waals surface area contributed by atoms with Gasteiger partial charge in [-0.2, -0.15) is 0 Å². The van der Waals surface area contributed by atoms with Crippen LogP contribution in [0.25, 0.3) is 0 Å². The van der Waals surface area contributed by atoms with Crippen LogP contribution < -0.4 is 31.0 Å².